The van der Waals surface area contributed by atoms with Crippen molar-refractivity contribution in [2.24, 2.45) is 0 Å². The van der Waals surface area contributed by atoms with Gasteiger partial charge < -0.3 is 9.84 Å². The first kappa shape index (κ1) is 10.9. The van der Waals surface area contributed by atoms with Crippen LogP contribution in [0.1, 0.15) is 0 Å². The van der Waals surface area contributed by atoms with Gasteiger partial charge in [0.05, 0.1) is 7.11 Å². The standard InChI is InChI=1S/C7H8O2.C3H3N3/c1-9-7-4-2-6(8)3-5-7;1-4-2-6-3-5-1/h2-5,8H,1H3;1-3H. The van der Waals surface area contributed by atoms with Crippen molar-refractivity contribution >= 4 is 0 Å². The highest BCUT2D eigenvalue weighted by Gasteiger charge is 1.87. The second-order valence-corrected chi connectivity index (χ2v) is 2.49. The van der Waals surface area contributed by atoms with Crippen LogP contribution in [0.15, 0.2) is 43.2 Å². The molecular formula is C10H11N3O2. The molecule has 78 valence electrons. The van der Waals surface area contributed by atoms with E-state index in [2.05, 4.69) is 15.0 Å². The Morgan fingerprint density at radius 2 is 1.40 bits per heavy atom. The molecule has 5 heteroatoms. The maximum Gasteiger partial charge on any atom is 0.119 e. The number of methoxy groups -OCH3 is 1. The largest absolute Gasteiger partial charge is 0.508 e. The lowest BCUT2D eigenvalue weighted by molar-refractivity contribution is 0.412. The normalized spacial score (nSPS) is 8.60. The number of ether oxygens (including phenoxy) is 1. The van der Waals surface area contributed by atoms with Crippen LogP contribution in [0.2, 0.25) is 0 Å². The maximum atomic E-state index is 8.80. The van der Waals surface area contributed by atoms with Gasteiger partial charge in [-0.05, 0) is 24.3 Å². The van der Waals surface area contributed by atoms with Gasteiger partial charge in [-0.1, -0.05) is 0 Å². The lowest BCUT2D eigenvalue weighted by atomic mass is 10.3. The Kier molecular flexibility index (Phi) is 4.59. The van der Waals surface area contributed by atoms with Crippen LogP contribution in [0, 0.1) is 0 Å². The number of phenols is 1. The van der Waals surface area contributed by atoms with Gasteiger partial charge in [0.15, 0.2) is 0 Å². The molecule has 0 saturated heterocycles. The fourth-order valence-electron chi connectivity index (χ4n) is 0.787. The van der Waals surface area contributed by atoms with E-state index in [0.29, 0.717) is 0 Å². The molecule has 1 aromatic carbocycles. The Morgan fingerprint density at radius 1 is 0.933 bits per heavy atom. The van der Waals surface area contributed by atoms with Crippen LogP contribution < -0.4 is 4.74 Å². The first-order valence-corrected chi connectivity index (χ1v) is 4.21. The van der Waals surface area contributed by atoms with Crippen LogP contribution in [-0.2, 0) is 0 Å². The second-order valence-electron chi connectivity index (χ2n) is 2.49. The molecule has 0 aliphatic rings. The second kappa shape index (κ2) is 6.31. The molecule has 0 saturated carbocycles. The first-order chi connectivity index (χ1) is 7.33. The number of phenolic OH excluding ortho intramolecular Hbond substituents is 1. The summed E-state index contributed by atoms with van der Waals surface area (Å²) < 4.78 is 4.86. The number of hydrogen-bond donors (Lipinski definition) is 1. The summed E-state index contributed by atoms with van der Waals surface area (Å²) in [6.07, 6.45) is 4.31. The Labute approximate surface area is 87.4 Å². The van der Waals surface area contributed by atoms with Crippen LogP contribution in [0.3, 0.4) is 0 Å². The molecule has 1 N–H and O–H groups in total. The van der Waals surface area contributed by atoms with Gasteiger partial charge in [-0.15, -0.1) is 0 Å². The average Bonchev–Trinajstić information content (AvgIpc) is 2.33. The summed E-state index contributed by atoms with van der Waals surface area (Å²) in [5.41, 5.74) is 0. The molecule has 1 heterocycles. The van der Waals surface area contributed by atoms with Gasteiger partial charge in [0.2, 0.25) is 0 Å². The molecule has 0 aliphatic carbocycles. The number of rotatable bonds is 1. The van der Waals surface area contributed by atoms with Crippen LogP contribution in [-0.4, -0.2) is 27.2 Å². The minimum atomic E-state index is 0.260. The lowest BCUT2D eigenvalue weighted by Crippen LogP contribution is -1.79. The number of aromatic hydroxyl groups is 1. The summed E-state index contributed by atoms with van der Waals surface area (Å²) in [5.74, 6) is 1.02. The highest BCUT2D eigenvalue weighted by molar-refractivity contribution is 5.29. The fraction of sp³-hybridized carbons (Fsp3) is 0.100. The average molecular weight is 205 g/mol. The molecule has 0 unspecified atom stereocenters. The van der Waals surface area contributed by atoms with Gasteiger partial charge in [-0.3, -0.25) is 0 Å². The molecular weight excluding hydrogens is 194 g/mol. The van der Waals surface area contributed by atoms with E-state index in [1.54, 1.807) is 31.4 Å². The zero-order chi connectivity index (χ0) is 10.9. The van der Waals surface area contributed by atoms with Gasteiger partial charge in [0.1, 0.15) is 30.5 Å². The number of aromatic nitrogens is 3. The zero-order valence-corrected chi connectivity index (χ0v) is 8.24. The number of hydrogen-bond acceptors (Lipinski definition) is 5. The Balaban J connectivity index is 0.000000162. The van der Waals surface area contributed by atoms with Crippen molar-refractivity contribution in [3.63, 3.8) is 0 Å². The summed E-state index contributed by atoms with van der Waals surface area (Å²) in [5, 5.41) is 8.80. The zero-order valence-electron chi connectivity index (χ0n) is 8.24. The van der Waals surface area contributed by atoms with Crippen LogP contribution in [0.25, 0.3) is 0 Å². The van der Waals surface area contributed by atoms with E-state index in [9.17, 15) is 0 Å². The summed E-state index contributed by atoms with van der Waals surface area (Å²) in [7, 11) is 1.59. The molecule has 0 amide bonds. The van der Waals surface area contributed by atoms with Crippen molar-refractivity contribution < 1.29 is 9.84 Å². The molecule has 0 bridgehead atoms. The van der Waals surface area contributed by atoms with Crippen molar-refractivity contribution in [2.45, 2.75) is 0 Å². The highest BCUT2D eigenvalue weighted by Crippen LogP contribution is 2.14. The van der Waals surface area contributed by atoms with E-state index in [1.807, 2.05) is 0 Å². The SMILES string of the molecule is COc1ccc(O)cc1.c1ncncn1. The van der Waals surface area contributed by atoms with Gasteiger partial charge >= 0.3 is 0 Å². The predicted molar refractivity (Wildman–Crippen MR) is 54.5 cm³/mol. The fourth-order valence-corrected chi connectivity index (χ4v) is 0.787. The molecule has 0 fully saturated rings. The van der Waals surface area contributed by atoms with Gasteiger partial charge in [-0.25, -0.2) is 15.0 Å². The molecule has 15 heavy (non-hydrogen) atoms. The third-order valence-corrected chi connectivity index (χ3v) is 1.47. The molecule has 0 aliphatic heterocycles. The Morgan fingerprint density at radius 3 is 1.73 bits per heavy atom. The molecule has 0 spiro atoms. The maximum absolute atomic E-state index is 8.80. The van der Waals surface area contributed by atoms with E-state index in [4.69, 9.17) is 9.84 Å². The quantitative estimate of drug-likeness (QED) is 0.759. The molecule has 5 nitrogen and oxygen atoms in total. The minimum absolute atomic E-state index is 0.260. The topological polar surface area (TPSA) is 68.1 Å². The van der Waals surface area contributed by atoms with E-state index >= 15 is 0 Å². The van der Waals surface area contributed by atoms with Crippen molar-refractivity contribution in [1.82, 2.24) is 15.0 Å². The van der Waals surface area contributed by atoms with Crippen LogP contribution in [0.5, 0.6) is 11.5 Å². The van der Waals surface area contributed by atoms with E-state index in [1.165, 1.54) is 19.0 Å². The molecule has 1 aromatic heterocycles. The first-order valence-electron chi connectivity index (χ1n) is 4.21. The van der Waals surface area contributed by atoms with Gasteiger partial charge in [0.25, 0.3) is 0 Å². The van der Waals surface area contributed by atoms with Gasteiger partial charge in [0, 0.05) is 0 Å². The summed E-state index contributed by atoms with van der Waals surface area (Å²) in [6.45, 7) is 0. The summed E-state index contributed by atoms with van der Waals surface area (Å²) in [4.78, 5) is 10.7. The third-order valence-electron chi connectivity index (χ3n) is 1.47. The monoisotopic (exact) mass is 205 g/mol. The highest BCUT2D eigenvalue weighted by atomic mass is 16.5. The minimum Gasteiger partial charge on any atom is -0.508 e. The smallest absolute Gasteiger partial charge is 0.119 e. The molecule has 2 rings (SSSR count). The molecule has 0 atom stereocenters. The van der Waals surface area contributed by atoms with Crippen LogP contribution >= 0.6 is 0 Å². The lowest BCUT2D eigenvalue weighted by Gasteiger charge is -1.96. The molecule has 0 radical (unpaired) electrons. The van der Waals surface area contributed by atoms with E-state index in [-0.39, 0.29) is 5.75 Å². The van der Waals surface area contributed by atoms with Crippen molar-refractivity contribution in [1.29, 1.82) is 0 Å². The number of nitrogens with zero attached hydrogens (tertiary/aromatic N) is 3. The van der Waals surface area contributed by atoms with Crippen molar-refractivity contribution in [2.75, 3.05) is 7.11 Å². The van der Waals surface area contributed by atoms with Crippen molar-refractivity contribution in [3.8, 4) is 11.5 Å². The number of benzene rings is 1. The van der Waals surface area contributed by atoms with Crippen molar-refractivity contribution in [3.05, 3.63) is 43.2 Å². The summed E-state index contributed by atoms with van der Waals surface area (Å²) in [6, 6.07) is 6.57. The van der Waals surface area contributed by atoms with Crippen LogP contribution in [0.4, 0.5) is 0 Å². The van der Waals surface area contributed by atoms with E-state index < -0.39 is 0 Å². The Bertz CT molecular complexity index is 337. The predicted octanol–water partition coefficient (Wildman–Crippen LogP) is 1.27. The van der Waals surface area contributed by atoms with E-state index in [0.717, 1.165) is 5.75 Å². The third kappa shape index (κ3) is 4.56. The Hall–Kier alpha value is -2.17. The molecule has 2 aromatic rings. The van der Waals surface area contributed by atoms with Gasteiger partial charge in [-0.2, -0.15) is 0 Å². The summed E-state index contributed by atoms with van der Waals surface area (Å²) >= 11 is 0.